The second kappa shape index (κ2) is 14.4. The van der Waals surface area contributed by atoms with Gasteiger partial charge in [0.05, 0.1) is 6.26 Å². The lowest BCUT2D eigenvalue weighted by Gasteiger charge is -2.25. The summed E-state index contributed by atoms with van der Waals surface area (Å²) in [6.07, 6.45) is 1.31. The SMILES string of the molecule is CCC(Oc1cccc(OC(C)(C)C(=O)OC(=O)[C@@H](N)CCCNC(=N)N)c1)Oc1cccc(OS(C)(=O)=O)c1. The smallest absolute Gasteiger partial charge is 0.357 e. The number of carbonyl (C=O) groups is 2. The predicted molar refractivity (Wildman–Crippen MR) is 147 cm³/mol. The van der Waals surface area contributed by atoms with Crippen molar-refractivity contribution in [3.05, 3.63) is 48.5 Å². The number of rotatable bonds is 15. The van der Waals surface area contributed by atoms with E-state index in [1.165, 1.54) is 26.0 Å². The third-order valence-corrected chi connectivity index (χ3v) is 5.59. The first-order chi connectivity index (χ1) is 18.7. The first-order valence-electron chi connectivity index (χ1n) is 12.4. The Bertz CT molecular complexity index is 1280. The summed E-state index contributed by atoms with van der Waals surface area (Å²) in [6, 6.07) is 11.6. The summed E-state index contributed by atoms with van der Waals surface area (Å²) in [4.78, 5) is 24.9. The molecule has 0 saturated heterocycles. The molecule has 0 fully saturated rings. The van der Waals surface area contributed by atoms with Gasteiger partial charge in [0.1, 0.15) is 29.0 Å². The molecule has 0 aliphatic carbocycles. The molecule has 0 spiro atoms. The van der Waals surface area contributed by atoms with Crippen molar-refractivity contribution < 1.29 is 41.1 Å². The Morgan fingerprint density at radius 1 is 1.02 bits per heavy atom. The van der Waals surface area contributed by atoms with Crippen LogP contribution in [0.25, 0.3) is 0 Å². The standard InChI is InChI=1S/C26H36N4O9S/c1-5-22(36-18-10-7-12-20(16-18)39-40(4,33)34)35-17-9-6-11-19(15-17)38-26(2,3)24(32)37-23(31)21(27)13-8-14-30-25(28)29/h6-7,9-12,15-16,21-22H,5,8,13-14,27H2,1-4H3,(H4,28,29,30)/t21-,22?/m0/s1. The van der Waals surface area contributed by atoms with E-state index < -0.39 is 40.0 Å². The molecule has 0 amide bonds. The van der Waals surface area contributed by atoms with Crippen molar-refractivity contribution in [2.24, 2.45) is 11.5 Å². The minimum Gasteiger partial charge on any atom is -0.476 e. The Balaban J connectivity index is 1.98. The van der Waals surface area contributed by atoms with Crippen LogP contribution in [-0.2, 0) is 24.4 Å². The lowest BCUT2D eigenvalue weighted by Crippen LogP contribution is -2.44. The summed E-state index contributed by atoms with van der Waals surface area (Å²) in [5.41, 5.74) is 9.46. The molecule has 0 aliphatic rings. The highest BCUT2D eigenvalue weighted by molar-refractivity contribution is 7.86. The number of nitrogens with one attached hydrogen (secondary N) is 2. The van der Waals surface area contributed by atoms with Crippen molar-refractivity contribution in [2.75, 3.05) is 12.8 Å². The Kier molecular flexibility index (Phi) is 11.6. The van der Waals surface area contributed by atoms with Crippen molar-refractivity contribution in [3.8, 4) is 23.0 Å². The summed E-state index contributed by atoms with van der Waals surface area (Å²) >= 11 is 0. The minimum absolute atomic E-state index is 0.101. The molecule has 14 heteroatoms. The van der Waals surface area contributed by atoms with E-state index >= 15 is 0 Å². The van der Waals surface area contributed by atoms with Gasteiger partial charge >= 0.3 is 22.1 Å². The van der Waals surface area contributed by atoms with Gasteiger partial charge in [0.25, 0.3) is 0 Å². The van der Waals surface area contributed by atoms with Gasteiger partial charge in [-0.2, -0.15) is 8.42 Å². The maximum absolute atomic E-state index is 12.7. The van der Waals surface area contributed by atoms with Crippen LogP contribution in [0.15, 0.2) is 48.5 Å². The van der Waals surface area contributed by atoms with E-state index in [-0.39, 0.29) is 23.9 Å². The normalized spacial score (nSPS) is 12.9. The molecule has 2 rings (SSSR count). The fourth-order valence-corrected chi connectivity index (χ4v) is 3.62. The van der Waals surface area contributed by atoms with Gasteiger partial charge in [-0.05, 0) is 51.0 Å². The molecule has 0 aromatic heterocycles. The van der Waals surface area contributed by atoms with Gasteiger partial charge in [-0.3, -0.25) is 5.41 Å². The van der Waals surface area contributed by atoms with Gasteiger partial charge < -0.3 is 39.9 Å². The Morgan fingerprint density at radius 3 is 2.12 bits per heavy atom. The van der Waals surface area contributed by atoms with Crippen LogP contribution in [0.2, 0.25) is 0 Å². The van der Waals surface area contributed by atoms with E-state index in [1.54, 1.807) is 36.4 Å². The Hall–Kier alpha value is -4.04. The fourth-order valence-electron chi connectivity index (χ4n) is 3.17. The molecule has 1 unspecified atom stereocenters. The molecular formula is C26H36N4O9S. The molecular weight excluding hydrogens is 544 g/mol. The van der Waals surface area contributed by atoms with E-state index in [4.69, 9.17) is 40.0 Å². The third kappa shape index (κ3) is 11.4. The topological polar surface area (TPSA) is 202 Å². The zero-order valence-corrected chi connectivity index (χ0v) is 23.7. The molecule has 13 nitrogen and oxygen atoms in total. The zero-order chi connectivity index (χ0) is 29.9. The lowest BCUT2D eigenvalue weighted by molar-refractivity contribution is -0.170. The molecule has 0 aliphatic heterocycles. The maximum atomic E-state index is 12.7. The maximum Gasteiger partial charge on any atom is 0.357 e. The van der Waals surface area contributed by atoms with Gasteiger partial charge in [-0.25, -0.2) is 9.59 Å². The predicted octanol–water partition coefficient (Wildman–Crippen LogP) is 2.04. The van der Waals surface area contributed by atoms with Crippen molar-refractivity contribution in [1.82, 2.24) is 5.32 Å². The van der Waals surface area contributed by atoms with E-state index in [2.05, 4.69) is 5.32 Å². The van der Waals surface area contributed by atoms with Gasteiger partial charge in [0, 0.05) is 25.1 Å². The highest BCUT2D eigenvalue weighted by atomic mass is 32.2. The summed E-state index contributed by atoms with van der Waals surface area (Å²) in [7, 11) is -3.69. The summed E-state index contributed by atoms with van der Waals surface area (Å²) in [6.45, 7) is 5.08. The van der Waals surface area contributed by atoms with E-state index in [1.807, 2.05) is 6.92 Å². The zero-order valence-electron chi connectivity index (χ0n) is 22.8. The molecule has 2 atom stereocenters. The number of hydrogen-bond donors (Lipinski definition) is 4. The summed E-state index contributed by atoms with van der Waals surface area (Å²) < 4.78 is 50.1. The number of carbonyl (C=O) groups excluding carboxylic acids is 2. The molecule has 2 aromatic carbocycles. The Labute approximate surface area is 233 Å². The number of benzene rings is 2. The minimum atomic E-state index is -3.69. The summed E-state index contributed by atoms with van der Waals surface area (Å²) in [5, 5.41) is 9.70. The number of ether oxygens (including phenoxy) is 4. The van der Waals surface area contributed by atoms with Crippen LogP contribution in [0.1, 0.15) is 40.0 Å². The second-order valence-electron chi connectivity index (χ2n) is 9.22. The van der Waals surface area contributed by atoms with Crippen molar-refractivity contribution in [1.29, 1.82) is 5.41 Å². The van der Waals surface area contributed by atoms with Crippen molar-refractivity contribution in [2.45, 2.75) is 58.0 Å². The first kappa shape index (κ1) is 32.2. The number of hydrogen-bond acceptors (Lipinski definition) is 11. The van der Waals surface area contributed by atoms with Crippen LogP contribution in [0.4, 0.5) is 0 Å². The van der Waals surface area contributed by atoms with E-state index in [9.17, 15) is 18.0 Å². The van der Waals surface area contributed by atoms with Gasteiger partial charge in [0.2, 0.25) is 11.9 Å². The molecule has 0 radical (unpaired) electrons. The first-order valence-corrected chi connectivity index (χ1v) is 14.2. The molecule has 0 saturated carbocycles. The van der Waals surface area contributed by atoms with Crippen molar-refractivity contribution >= 4 is 28.0 Å². The molecule has 0 bridgehead atoms. The highest BCUT2D eigenvalue weighted by Crippen LogP contribution is 2.27. The van der Waals surface area contributed by atoms with Crippen LogP contribution in [0, 0.1) is 5.41 Å². The van der Waals surface area contributed by atoms with Crippen LogP contribution in [0.5, 0.6) is 23.0 Å². The van der Waals surface area contributed by atoms with Gasteiger partial charge in [-0.15, -0.1) is 0 Å². The van der Waals surface area contributed by atoms with Crippen molar-refractivity contribution in [3.63, 3.8) is 0 Å². The average Bonchev–Trinajstić information content (AvgIpc) is 2.85. The monoisotopic (exact) mass is 580 g/mol. The van der Waals surface area contributed by atoms with Crippen LogP contribution in [-0.4, -0.2) is 57.0 Å². The van der Waals surface area contributed by atoms with Gasteiger partial charge in [0.15, 0.2) is 5.96 Å². The highest BCUT2D eigenvalue weighted by Gasteiger charge is 2.35. The fraction of sp³-hybridized carbons (Fsp3) is 0.423. The quantitative estimate of drug-likeness (QED) is 0.0455. The second-order valence-corrected chi connectivity index (χ2v) is 10.8. The average molecular weight is 581 g/mol. The van der Waals surface area contributed by atoms with E-state index in [0.29, 0.717) is 30.9 Å². The molecule has 0 heterocycles. The van der Waals surface area contributed by atoms with Crippen LogP contribution >= 0.6 is 0 Å². The van der Waals surface area contributed by atoms with Crippen LogP contribution < -0.4 is 35.2 Å². The Morgan fingerprint density at radius 2 is 1.57 bits per heavy atom. The molecule has 2 aromatic rings. The number of guanidine groups is 1. The molecule has 6 N–H and O–H groups in total. The van der Waals surface area contributed by atoms with Crippen LogP contribution in [0.3, 0.4) is 0 Å². The van der Waals surface area contributed by atoms with Gasteiger partial charge in [-0.1, -0.05) is 19.1 Å². The van der Waals surface area contributed by atoms with E-state index in [0.717, 1.165) is 6.26 Å². The summed E-state index contributed by atoms with van der Waals surface area (Å²) in [5.74, 6) is -0.933. The number of nitrogens with two attached hydrogens (primary N) is 2. The lowest BCUT2D eigenvalue weighted by atomic mass is 10.1. The third-order valence-electron chi connectivity index (χ3n) is 5.09. The number of esters is 2. The largest absolute Gasteiger partial charge is 0.476 e. The molecule has 40 heavy (non-hydrogen) atoms. The molecule has 220 valence electrons.